The molecular formula is C22H41N. The van der Waals surface area contributed by atoms with E-state index >= 15 is 0 Å². The van der Waals surface area contributed by atoms with Crippen molar-refractivity contribution in [1.29, 1.82) is 0 Å². The third-order valence-electron chi connectivity index (χ3n) is 4.18. The van der Waals surface area contributed by atoms with Crippen LogP contribution in [-0.4, -0.2) is 0 Å². The Morgan fingerprint density at radius 1 is 0.435 bits per heavy atom. The minimum atomic E-state index is 1.37. The Kier molecular flexibility index (Phi) is 20.1. The van der Waals surface area contributed by atoms with E-state index in [-0.39, 0.29) is 0 Å². The van der Waals surface area contributed by atoms with Crippen LogP contribution in [0.3, 0.4) is 0 Å². The molecule has 0 aromatic heterocycles. The molecule has 0 amide bonds. The van der Waals surface area contributed by atoms with Crippen molar-refractivity contribution in [2.75, 3.05) is 0 Å². The van der Waals surface area contributed by atoms with Crippen LogP contribution >= 0.6 is 0 Å². The number of nitrogens with one attached hydrogen (secondary N) is 1. The van der Waals surface area contributed by atoms with Crippen LogP contribution in [0.15, 0.2) is 36.7 Å². The summed E-state index contributed by atoms with van der Waals surface area (Å²) in [7, 11) is 0. The summed E-state index contributed by atoms with van der Waals surface area (Å²) >= 11 is 0. The topological polar surface area (TPSA) is 12.0 Å². The summed E-state index contributed by atoms with van der Waals surface area (Å²) in [4.78, 5) is 0. The van der Waals surface area contributed by atoms with Crippen LogP contribution in [0.2, 0.25) is 0 Å². The fraction of sp³-hybridized carbons (Fsp3) is 0.727. The minimum Gasteiger partial charge on any atom is -0.368 e. The molecular weight excluding hydrogens is 278 g/mol. The average molecular weight is 320 g/mol. The lowest BCUT2D eigenvalue weighted by Gasteiger charge is -2.02. The van der Waals surface area contributed by atoms with Gasteiger partial charge in [-0.15, -0.1) is 0 Å². The van der Waals surface area contributed by atoms with E-state index in [2.05, 4.69) is 19.2 Å². The molecule has 0 aliphatic carbocycles. The van der Waals surface area contributed by atoms with Crippen molar-refractivity contribution in [2.24, 2.45) is 0 Å². The third kappa shape index (κ3) is 21.0. The molecule has 0 aromatic carbocycles. The molecule has 0 bridgehead atoms. The lowest BCUT2D eigenvalue weighted by Crippen LogP contribution is -1.87. The van der Waals surface area contributed by atoms with Crippen molar-refractivity contribution in [3.8, 4) is 0 Å². The predicted octanol–water partition coefficient (Wildman–Crippen LogP) is 7.66. The summed E-state index contributed by atoms with van der Waals surface area (Å²) in [6.07, 6.45) is 32.0. The maximum Gasteiger partial charge on any atom is 0.000442 e. The lowest BCUT2D eigenvalue weighted by molar-refractivity contribution is 0.538. The molecule has 0 aromatic rings. The first-order valence-electron chi connectivity index (χ1n) is 10.2. The van der Waals surface area contributed by atoms with Gasteiger partial charge in [0.2, 0.25) is 0 Å². The summed E-state index contributed by atoms with van der Waals surface area (Å²) < 4.78 is 0. The van der Waals surface area contributed by atoms with E-state index in [4.69, 9.17) is 0 Å². The summed E-state index contributed by atoms with van der Waals surface area (Å²) in [6.45, 7) is 4.58. The fourth-order valence-corrected chi connectivity index (χ4v) is 2.67. The largest absolute Gasteiger partial charge is 0.368 e. The van der Waals surface area contributed by atoms with E-state index in [1.54, 1.807) is 0 Å². The zero-order chi connectivity index (χ0) is 16.8. The fourth-order valence-electron chi connectivity index (χ4n) is 2.67. The van der Waals surface area contributed by atoms with Crippen LogP contribution < -0.4 is 5.32 Å². The third-order valence-corrected chi connectivity index (χ3v) is 4.18. The van der Waals surface area contributed by atoms with Crippen LogP contribution in [0, 0.1) is 0 Å². The smallest absolute Gasteiger partial charge is 0.000442 e. The molecule has 1 N–H and O–H groups in total. The SMILES string of the molecule is C1=CC=CNC=C1.CCCCCCCCCCCCCCCC. The van der Waals surface area contributed by atoms with Crippen LogP contribution in [0.25, 0.3) is 0 Å². The van der Waals surface area contributed by atoms with E-state index < -0.39 is 0 Å². The van der Waals surface area contributed by atoms with Crippen molar-refractivity contribution in [3.05, 3.63) is 36.7 Å². The molecule has 0 spiro atoms. The van der Waals surface area contributed by atoms with Gasteiger partial charge < -0.3 is 5.32 Å². The Balaban J connectivity index is 0.000000568. The second-order valence-electron chi connectivity index (χ2n) is 6.51. The summed E-state index contributed by atoms with van der Waals surface area (Å²) in [5, 5.41) is 2.92. The Hall–Kier alpha value is -0.980. The van der Waals surface area contributed by atoms with Crippen molar-refractivity contribution in [2.45, 2.75) is 104 Å². The minimum absolute atomic E-state index is 1.37. The van der Waals surface area contributed by atoms with Crippen LogP contribution in [-0.2, 0) is 0 Å². The first-order chi connectivity index (χ1) is 11.4. The molecule has 1 aliphatic heterocycles. The van der Waals surface area contributed by atoms with Gasteiger partial charge in [-0.3, -0.25) is 0 Å². The van der Waals surface area contributed by atoms with Crippen molar-refractivity contribution in [1.82, 2.24) is 5.32 Å². The van der Waals surface area contributed by atoms with Crippen LogP contribution in [0.5, 0.6) is 0 Å². The average Bonchev–Trinajstić information content (AvgIpc) is 2.89. The van der Waals surface area contributed by atoms with Crippen molar-refractivity contribution < 1.29 is 0 Å². The van der Waals surface area contributed by atoms with Crippen molar-refractivity contribution in [3.63, 3.8) is 0 Å². The lowest BCUT2D eigenvalue weighted by atomic mass is 10.0. The second kappa shape index (κ2) is 21.0. The molecule has 0 fully saturated rings. The molecule has 1 rings (SSSR count). The predicted molar refractivity (Wildman–Crippen MR) is 107 cm³/mol. The first kappa shape index (κ1) is 22.0. The maximum absolute atomic E-state index is 2.92. The Morgan fingerprint density at radius 3 is 1.04 bits per heavy atom. The normalized spacial score (nSPS) is 12.4. The highest BCUT2D eigenvalue weighted by atomic mass is 14.8. The van der Waals surface area contributed by atoms with Gasteiger partial charge in [0.25, 0.3) is 0 Å². The zero-order valence-electron chi connectivity index (χ0n) is 15.9. The Labute approximate surface area is 146 Å². The van der Waals surface area contributed by atoms with Gasteiger partial charge in [-0.2, -0.15) is 0 Å². The maximum atomic E-state index is 2.92. The number of hydrogen-bond acceptors (Lipinski definition) is 1. The van der Waals surface area contributed by atoms with Crippen molar-refractivity contribution >= 4 is 0 Å². The highest BCUT2D eigenvalue weighted by Gasteiger charge is 1.92. The van der Waals surface area contributed by atoms with Gasteiger partial charge in [0.05, 0.1) is 0 Å². The number of unbranched alkanes of at least 4 members (excludes halogenated alkanes) is 13. The van der Waals surface area contributed by atoms with E-state index in [9.17, 15) is 0 Å². The number of rotatable bonds is 13. The molecule has 0 unspecified atom stereocenters. The molecule has 134 valence electrons. The molecule has 1 heteroatoms. The van der Waals surface area contributed by atoms with E-state index in [1.807, 2.05) is 36.7 Å². The van der Waals surface area contributed by atoms with Gasteiger partial charge in [-0.1, -0.05) is 116 Å². The van der Waals surface area contributed by atoms with E-state index in [1.165, 1.54) is 89.9 Å². The van der Waals surface area contributed by atoms with Gasteiger partial charge in [0.1, 0.15) is 0 Å². The zero-order valence-corrected chi connectivity index (χ0v) is 15.9. The standard InChI is InChI=1S/C16H34.C6H7N/c1-3-5-7-9-11-13-15-16-14-12-10-8-6-4-2;1-2-4-6-7-5-3-1/h3-16H2,1-2H3;1-7H. The monoisotopic (exact) mass is 319 g/mol. The molecule has 0 saturated heterocycles. The number of allylic oxidation sites excluding steroid dienone is 4. The Bertz CT molecular complexity index is 260. The Morgan fingerprint density at radius 2 is 0.739 bits per heavy atom. The summed E-state index contributed by atoms with van der Waals surface area (Å²) in [5.74, 6) is 0. The first-order valence-corrected chi connectivity index (χ1v) is 10.2. The van der Waals surface area contributed by atoms with Crippen LogP contribution in [0.1, 0.15) is 104 Å². The van der Waals surface area contributed by atoms with E-state index in [0.717, 1.165) is 0 Å². The van der Waals surface area contributed by atoms with Gasteiger partial charge in [0.15, 0.2) is 0 Å². The molecule has 0 atom stereocenters. The molecule has 1 aliphatic rings. The molecule has 23 heavy (non-hydrogen) atoms. The molecule has 1 heterocycles. The molecule has 1 nitrogen and oxygen atoms in total. The second-order valence-corrected chi connectivity index (χ2v) is 6.51. The quantitative estimate of drug-likeness (QED) is 0.343. The van der Waals surface area contributed by atoms with Gasteiger partial charge in [0, 0.05) is 12.4 Å². The van der Waals surface area contributed by atoms with Crippen LogP contribution in [0.4, 0.5) is 0 Å². The molecule has 0 saturated carbocycles. The van der Waals surface area contributed by atoms with Gasteiger partial charge in [-0.05, 0) is 12.2 Å². The van der Waals surface area contributed by atoms with Gasteiger partial charge >= 0.3 is 0 Å². The molecule has 0 radical (unpaired) electrons. The van der Waals surface area contributed by atoms with Gasteiger partial charge in [-0.25, -0.2) is 0 Å². The highest BCUT2D eigenvalue weighted by molar-refractivity contribution is 5.14. The van der Waals surface area contributed by atoms with E-state index in [0.29, 0.717) is 0 Å². The summed E-state index contributed by atoms with van der Waals surface area (Å²) in [5.41, 5.74) is 0. The highest BCUT2D eigenvalue weighted by Crippen LogP contribution is 2.12. The summed E-state index contributed by atoms with van der Waals surface area (Å²) in [6, 6.07) is 0. The number of hydrogen-bond donors (Lipinski definition) is 1.